The van der Waals surface area contributed by atoms with Crippen LogP contribution in [0.15, 0.2) is 47.2 Å². The number of pyridine rings is 1. The molecule has 0 aliphatic heterocycles. The summed E-state index contributed by atoms with van der Waals surface area (Å²) in [6.07, 6.45) is 3.61. The molecule has 1 aromatic heterocycles. The minimum atomic E-state index is -0.0588. The fourth-order valence-electron chi connectivity index (χ4n) is 1.83. The second-order valence-electron chi connectivity index (χ2n) is 4.14. The Morgan fingerprint density at radius 2 is 1.89 bits per heavy atom. The van der Waals surface area contributed by atoms with Gasteiger partial charge >= 0.3 is 0 Å². The molecule has 1 heterocycles. The van der Waals surface area contributed by atoms with E-state index in [1.54, 1.807) is 12.4 Å². The summed E-state index contributed by atoms with van der Waals surface area (Å²) in [7, 11) is 0. The summed E-state index contributed by atoms with van der Waals surface area (Å²) in [5.41, 5.74) is 2.34. The molecule has 2 aromatic rings. The molecule has 1 aromatic carbocycles. The molecule has 0 aliphatic carbocycles. The first-order valence-corrected chi connectivity index (χ1v) is 7.89. The predicted molar refractivity (Wildman–Crippen MR) is 88.1 cm³/mol. The SMILES string of the molecule is CC(c1ccncc1)C(Cl)c1cc(I)ccc1Br. The Bertz CT molecular complexity index is 533. The van der Waals surface area contributed by atoms with Crippen molar-refractivity contribution in [2.75, 3.05) is 0 Å². The van der Waals surface area contributed by atoms with Gasteiger partial charge < -0.3 is 0 Å². The average molecular weight is 437 g/mol. The summed E-state index contributed by atoms with van der Waals surface area (Å²) in [5, 5.41) is -0.0588. The molecule has 0 spiro atoms. The summed E-state index contributed by atoms with van der Waals surface area (Å²) in [5.74, 6) is 0.240. The van der Waals surface area contributed by atoms with Gasteiger partial charge in [-0.2, -0.15) is 0 Å². The van der Waals surface area contributed by atoms with Gasteiger partial charge in [0.1, 0.15) is 0 Å². The summed E-state index contributed by atoms with van der Waals surface area (Å²) in [4.78, 5) is 4.04. The molecule has 18 heavy (non-hydrogen) atoms. The highest BCUT2D eigenvalue weighted by atomic mass is 127. The number of halogens is 3. The van der Waals surface area contributed by atoms with E-state index in [1.165, 1.54) is 9.13 Å². The number of hydrogen-bond donors (Lipinski definition) is 0. The van der Waals surface area contributed by atoms with Gasteiger partial charge in [-0.15, -0.1) is 11.6 Å². The van der Waals surface area contributed by atoms with E-state index in [0.29, 0.717) is 0 Å². The van der Waals surface area contributed by atoms with Crippen LogP contribution in [-0.4, -0.2) is 4.98 Å². The van der Waals surface area contributed by atoms with Gasteiger partial charge in [0.2, 0.25) is 0 Å². The van der Waals surface area contributed by atoms with Crippen LogP contribution in [0, 0.1) is 3.57 Å². The zero-order valence-corrected chi connectivity index (χ0v) is 14.3. The Kier molecular flexibility index (Phi) is 5.04. The molecule has 2 atom stereocenters. The van der Waals surface area contributed by atoms with Crippen LogP contribution in [0.3, 0.4) is 0 Å². The van der Waals surface area contributed by atoms with Gasteiger partial charge in [0.05, 0.1) is 5.38 Å². The monoisotopic (exact) mass is 435 g/mol. The van der Waals surface area contributed by atoms with Gasteiger partial charge in [-0.05, 0) is 64.0 Å². The maximum atomic E-state index is 6.61. The second-order valence-corrected chi connectivity index (χ2v) is 6.71. The molecule has 2 unspecified atom stereocenters. The van der Waals surface area contributed by atoms with Crippen LogP contribution in [0.2, 0.25) is 0 Å². The van der Waals surface area contributed by atoms with E-state index in [-0.39, 0.29) is 11.3 Å². The van der Waals surface area contributed by atoms with Crippen molar-refractivity contribution in [1.82, 2.24) is 4.98 Å². The highest BCUT2D eigenvalue weighted by Gasteiger charge is 2.20. The van der Waals surface area contributed by atoms with Crippen LogP contribution >= 0.6 is 50.1 Å². The Morgan fingerprint density at radius 1 is 1.22 bits per heavy atom. The number of alkyl halides is 1. The standard InChI is InChI=1S/C14H12BrClIN/c1-9(10-4-6-18-7-5-10)14(16)12-8-11(17)2-3-13(12)15/h2-9,14H,1H3. The largest absolute Gasteiger partial charge is 0.265 e. The average Bonchev–Trinajstić information content (AvgIpc) is 2.41. The molecule has 2 rings (SSSR count). The molecule has 0 radical (unpaired) electrons. The third-order valence-corrected chi connectivity index (χ3v) is 4.93. The number of hydrogen-bond acceptors (Lipinski definition) is 1. The van der Waals surface area contributed by atoms with Crippen molar-refractivity contribution >= 4 is 50.1 Å². The minimum Gasteiger partial charge on any atom is -0.265 e. The van der Waals surface area contributed by atoms with Crippen LogP contribution in [0.5, 0.6) is 0 Å². The first kappa shape index (κ1) is 14.3. The fourth-order valence-corrected chi connectivity index (χ4v) is 3.30. The van der Waals surface area contributed by atoms with Gasteiger partial charge in [0.25, 0.3) is 0 Å². The fraction of sp³-hybridized carbons (Fsp3) is 0.214. The van der Waals surface area contributed by atoms with Crippen molar-refractivity contribution in [2.45, 2.75) is 18.2 Å². The first-order valence-electron chi connectivity index (χ1n) is 5.58. The predicted octanol–water partition coefficient (Wildman–Crippen LogP) is 5.53. The van der Waals surface area contributed by atoms with Crippen molar-refractivity contribution < 1.29 is 0 Å². The molecule has 0 bridgehead atoms. The number of nitrogens with zero attached hydrogens (tertiary/aromatic N) is 1. The minimum absolute atomic E-state index is 0.0588. The summed E-state index contributed by atoms with van der Waals surface area (Å²) < 4.78 is 2.25. The van der Waals surface area contributed by atoms with Crippen molar-refractivity contribution in [3.8, 4) is 0 Å². The van der Waals surface area contributed by atoms with Crippen molar-refractivity contribution in [2.24, 2.45) is 0 Å². The second kappa shape index (κ2) is 6.35. The van der Waals surface area contributed by atoms with Crippen molar-refractivity contribution in [1.29, 1.82) is 0 Å². The van der Waals surface area contributed by atoms with Crippen LogP contribution in [0.4, 0.5) is 0 Å². The van der Waals surface area contributed by atoms with Crippen molar-refractivity contribution in [3.63, 3.8) is 0 Å². The van der Waals surface area contributed by atoms with Gasteiger partial charge in [0.15, 0.2) is 0 Å². The van der Waals surface area contributed by atoms with E-state index < -0.39 is 0 Å². The van der Waals surface area contributed by atoms with Crippen molar-refractivity contribution in [3.05, 3.63) is 61.9 Å². The van der Waals surface area contributed by atoms with Crippen LogP contribution in [0.1, 0.15) is 29.3 Å². The van der Waals surface area contributed by atoms with E-state index in [4.69, 9.17) is 11.6 Å². The molecule has 0 fully saturated rings. The van der Waals surface area contributed by atoms with Crippen LogP contribution in [-0.2, 0) is 0 Å². The van der Waals surface area contributed by atoms with E-state index in [1.807, 2.05) is 18.2 Å². The smallest absolute Gasteiger partial charge is 0.0662 e. The Hall–Kier alpha value is -0.130. The quantitative estimate of drug-likeness (QED) is 0.455. The lowest BCUT2D eigenvalue weighted by Crippen LogP contribution is -2.03. The Balaban J connectivity index is 2.31. The normalized spacial score (nSPS) is 14.2. The van der Waals surface area contributed by atoms with E-state index in [9.17, 15) is 0 Å². The topological polar surface area (TPSA) is 12.9 Å². The highest BCUT2D eigenvalue weighted by Crippen LogP contribution is 2.39. The zero-order chi connectivity index (χ0) is 13.1. The number of benzene rings is 1. The van der Waals surface area contributed by atoms with Crippen LogP contribution < -0.4 is 0 Å². The van der Waals surface area contributed by atoms with Gasteiger partial charge in [-0.25, -0.2) is 0 Å². The van der Waals surface area contributed by atoms with E-state index in [2.05, 4.69) is 62.6 Å². The molecule has 1 nitrogen and oxygen atoms in total. The lowest BCUT2D eigenvalue weighted by Gasteiger charge is -2.20. The third-order valence-electron chi connectivity index (χ3n) is 2.93. The molecule has 0 amide bonds. The number of rotatable bonds is 3. The van der Waals surface area contributed by atoms with Gasteiger partial charge in [-0.3, -0.25) is 4.98 Å². The molecular weight excluding hydrogens is 424 g/mol. The summed E-state index contributed by atoms with van der Waals surface area (Å²) in [6.45, 7) is 2.14. The summed E-state index contributed by atoms with van der Waals surface area (Å²) in [6, 6.07) is 10.3. The number of aromatic nitrogens is 1. The molecule has 0 saturated heterocycles. The molecule has 0 saturated carbocycles. The molecule has 4 heteroatoms. The van der Waals surface area contributed by atoms with Gasteiger partial charge in [-0.1, -0.05) is 22.9 Å². The molecular formula is C14H12BrClIN. The lowest BCUT2D eigenvalue weighted by atomic mass is 9.94. The van der Waals surface area contributed by atoms with E-state index in [0.717, 1.165) is 10.0 Å². The lowest BCUT2D eigenvalue weighted by molar-refractivity contribution is 0.727. The maximum Gasteiger partial charge on any atom is 0.0662 e. The molecule has 0 N–H and O–H groups in total. The first-order chi connectivity index (χ1) is 8.59. The van der Waals surface area contributed by atoms with Gasteiger partial charge in [0, 0.05) is 26.4 Å². The third kappa shape index (κ3) is 3.25. The zero-order valence-electron chi connectivity index (χ0n) is 9.78. The maximum absolute atomic E-state index is 6.61. The van der Waals surface area contributed by atoms with Crippen LogP contribution in [0.25, 0.3) is 0 Å². The highest BCUT2D eigenvalue weighted by molar-refractivity contribution is 14.1. The summed E-state index contributed by atoms with van der Waals surface area (Å²) >= 11 is 12.5. The Labute approximate surface area is 134 Å². The molecule has 0 aliphatic rings. The van der Waals surface area contributed by atoms with E-state index >= 15 is 0 Å². The Morgan fingerprint density at radius 3 is 2.56 bits per heavy atom. The molecule has 94 valence electrons.